The van der Waals surface area contributed by atoms with Crippen LogP contribution in [0.5, 0.6) is 0 Å². The molecule has 0 spiro atoms. The highest BCUT2D eigenvalue weighted by Gasteiger charge is 2.26. The lowest BCUT2D eigenvalue weighted by atomic mass is 9.90. The van der Waals surface area contributed by atoms with Crippen LogP contribution in [0.3, 0.4) is 0 Å². The first-order valence-corrected chi connectivity index (χ1v) is 10.2. The Morgan fingerprint density at radius 1 is 1.21 bits per heavy atom. The van der Waals surface area contributed by atoms with Crippen molar-refractivity contribution in [2.45, 2.75) is 72.9 Å². The van der Waals surface area contributed by atoms with Gasteiger partial charge in [-0.1, -0.05) is 43.7 Å². The Hall–Kier alpha value is -2.14. The van der Waals surface area contributed by atoms with E-state index in [1.807, 2.05) is 18.5 Å². The van der Waals surface area contributed by atoms with Crippen molar-refractivity contribution in [1.29, 1.82) is 0 Å². The van der Waals surface area contributed by atoms with Crippen molar-refractivity contribution in [2.24, 2.45) is 11.7 Å². The smallest absolute Gasteiger partial charge is 0.220 e. The van der Waals surface area contributed by atoms with E-state index in [0.29, 0.717) is 25.3 Å². The van der Waals surface area contributed by atoms with Crippen LogP contribution in [0.15, 0.2) is 24.3 Å². The van der Waals surface area contributed by atoms with Gasteiger partial charge in [-0.2, -0.15) is 5.10 Å². The molecule has 0 aliphatic heterocycles. The average Bonchev–Trinajstić information content (AvgIpc) is 2.87. The molecule has 0 saturated heterocycles. The van der Waals surface area contributed by atoms with Gasteiger partial charge in [0.1, 0.15) is 0 Å². The summed E-state index contributed by atoms with van der Waals surface area (Å²) in [5, 5.41) is 7.85. The fourth-order valence-electron chi connectivity index (χ4n) is 3.84. The van der Waals surface area contributed by atoms with Gasteiger partial charge in [0.2, 0.25) is 5.91 Å². The van der Waals surface area contributed by atoms with Gasteiger partial charge >= 0.3 is 0 Å². The average molecular weight is 385 g/mol. The molecule has 0 saturated carbocycles. The summed E-state index contributed by atoms with van der Waals surface area (Å²) in [4.78, 5) is 12.5. The summed E-state index contributed by atoms with van der Waals surface area (Å²) in [7, 11) is 0. The van der Waals surface area contributed by atoms with E-state index >= 15 is 0 Å². The number of carbonyl (C=O) groups excluding carboxylic acids is 1. The molecule has 154 valence electrons. The number of nitrogens with one attached hydrogen (secondary N) is 1. The summed E-state index contributed by atoms with van der Waals surface area (Å²) >= 11 is 0. The van der Waals surface area contributed by atoms with Gasteiger partial charge in [0.05, 0.1) is 12.2 Å². The van der Waals surface area contributed by atoms with E-state index in [9.17, 15) is 4.79 Å². The topological polar surface area (TPSA) is 72.9 Å². The highest BCUT2D eigenvalue weighted by Crippen LogP contribution is 2.19. The summed E-state index contributed by atoms with van der Waals surface area (Å²) in [5.74, 6) is 0.539. The van der Waals surface area contributed by atoms with Crippen molar-refractivity contribution in [2.75, 3.05) is 6.54 Å². The van der Waals surface area contributed by atoms with Crippen LogP contribution < -0.4 is 11.1 Å². The SMILES string of the molecule is Cc1ccc(Cn2nc(C)c(CCC(=O)NC(C)(CN)CC(C)C)c2C)cc1. The number of hydrogen-bond acceptors (Lipinski definition) is 3. The molecule has 2 rings (SSSR count). The van der Waals surface area contributed by atoms with E-state index < -0.39 is 0 Å². The normalized spacial score (nSPS) is 13.6. The van der Waals surface area contributed by atoms with Gasteiger partial charge in [-0.3, -0.25) is 9.48 Å². The van der Waals surface area contributed by atoms with Crippen LogP contribution in [-0.2, 0) is 17.8 Å². The summed E-state index contributed by atoms with van der Waals surface area (Å²) in [6.07, 6.45) is 2.02. The number of amides is 1. The van der Waals surface area contributed by atoms with Crippen LogP contribution in [0.1, 0.15) is 61.7 Å². The van der Waals surface area contributed by atoms with Crippen LogP contribution in [0.25, 0.3) is 0 Å². The number of nitrogens with two attached hydrogens (primary N) is 1. The maximum atomic E-state index is 12.5. The van der Waals surface area contributed by atoms with E-state index in [1.54, 1.807) is 0 Å². The molecular weight excluding hydrogens is 348 g/mol. The standard InChI is InChI=1S/C23H36N4O/c1-16(2)13-23(6,15-24)25-22(28)12-11-21-18(4)26-27(19(21)5)14-20-9-7-17(3)8-10-20/h7-10,16H,11-15,24H2,1-6H3,(H,25,28). The monoisotopic (exact) mass is 384 g/mol. The first-order chi connectivity index (χ1) is 13.1. The minimum absolute atomic E-state index is 0.0543. The summed E-state index contributed by atoms with van der Waals surface area (Å²) in [6, 6.07) is 8.53. The number of aryl methyl sites for hydroxylation is 2. The fourth-order valence-corrected chi connectivity index (χ4v) is 3.84. The zero-order valence-corrected chi connectivity index (χ0v) is 18.3. The van der Waals surface area contributed by atoms with Gasteiger partial charge in [-0.05, 0) is 57.6 Å². The van der Waals surface area contributed by atoms with Crippen LogP contribution in [0.2, 0.25) is 0 Å². The molecule has 1 atom stereocenters. The van der Waals surface area contributed by atoms with E-state index in [-0.39, 0.29) is 11.4 Å². The molecule has 5 nitrogen and oxygen atoms in total. The predicted octanol–water partition coefficient (Wildman–Crippen LogP) is 3.67. The molecule has 0 bridgehead atoms. The van der Waals surface area contributed by atoms with Crippen LogP contribution in [0.4, 0.5) is 0 Å². The van der Waals surface area contributed by atoms with Crippen LogP contribution in [-0.4, -0.2) is 27.8 Å². The number of benzene rings is 1. The van der Waals surface area contributed by atoms with E-state index in [0.717, 1.165) is 24.4 Å². The minimum Gasteiger partial charge on any atom is -0.350 e. The number of carbonyl (C=O) groups is 1. The molecule has 1 aromatic heterocycles. The molecule has 5 heteroatoms. The molecule has 0 aliphatic carbocycles. The maximum absolute atomic E-state index is 12.5. The van der Waals surface area contributed by atoms with Gasteiger partial charge in [0, 0.05) is 24.2 Å². The maximum Gasteiger partial charge on any atom is 0.220 e. The quantitative estimate of drug-likeness (QED) is 0.693. The number of hydrogen-bond donors (Lipinski definition) is 2. The first-order valence-electron chi connectivity index (χ1n) is 10.2. The Balaban J connectivity index is 2.01. The Labute approximate surface area is 169 Å². The zero-order chi connectivity index (χ0) is 20.9. The van der Waals surface area contributed by atoms with Crippen molar-refractivity contribution in [3.05, 3.63) is 52.3 Å². The van der Waals surface area contributed by atoms with Crippen molar-refractivity contribution in [3.8, 4) is 0 Å². The molecule has 2 aromatic rings. The zero-order valence-electron chi connectivity index (χ0n) is 18.3. The van der Waals surface area contributed by atoms with Crippen LogP contribution >= 0.6 is 0 Å². The van der Waals surface area contributed by atoms with Gasteiger partial charge in [-0.25, -0.2) is 0 Å². The van der Waals surface area contributed by atoms with Crippen molar-refractivity contribution in [3.63, 3.8) is 0 Å². The van der Waals surface area contributed by atoms with Gasteiger partial charge in [0.25, 0.3) is 0 Å². The first kappa shape index (κ1) is 22.2. The Kier molecular flexibility index (Phi) is 7.41. The Bertz CT molecular complexity index is 792. The number of nitrogens with zero attached hydrogens (tertiary/aromatic N) is 2. The van der Waals surface area contributed by atoms with Gasteiger partial charge in [0.15, 0.2) is 0 Å². The second-order valence-corrected chi connectivity index (χ2v) is 8.70. The molecule has 3 N–H and O–H groups in total. The lowest BCUT2D eigenvalue weighted by Gasteiger charge is -2.31. The van der Waals surface area contributed by atoms with Crippen molar-refractivity contribution < 1.29 is 4.79 Å². The largest absolute Gasteiger partial charge is 0.350 e. The second-order valence-electron chi connectivity index (χ2n) is 8.70. The fraction of sp³-hybridized carbons (Fsp3) is 0.565. The molecular formula is C23H36N4O. The molecule has 1 unspecified atom stereocenters. The van der Waals surface area contributed by atoms with E-state index in [1.165, 1.54) is 16.7 Å². The molecule has 1 aromatic carbocycles. The Morgan fingerprint density at radius 3 is 2.43 bits per heavy atom. The summed E-state index contributed by atoms with van der Waals surface area (Å²) < 4.78 is 2.04. The molecule has 28 heavy (non-hydrogen) atoms. The van der Waals surface area contributed by atoms with E-state index in [2.05, 4.69) is 57.3 Å². The van der Waals surface area contributed by atoms with Gasteiger partial charge < -0.3 is 11.1 Å². The predicted molar refractivity (Wildman–Crippen MR) is 115 cm³/mol. The molecule has 0 radical (unpaired) electrons. The third-order valence-corrected chi connectivity index (χ3v) is 5.34. The number of aromatic nitrogens is 2. The summed E-state index contributed by atoms with van der Waals surface area (Å²) in [6.45, 7) is 13.7. The third kappa shape index (κ3) is 5.93. The highest BCUT2D eigenvalue weighted by molar-refractivity contribution is 5.77. The molecule has 0 aliphatic rings. The molecule has 0 fully saturated rings. The van der Waals surface area contributed by atoms with Crippen LogP contribution in [0, 0.1) is 26.7 Å². The number of rotatable bonds is 9. The lowest BCUT2D eigenvalue weighted by molar-refractivity contribution is -0.122. The second kappa shape index (κ2) is 9.37. The molecule has 1 heterocycles. The molecule has 1 amide bonds. The van der Waals surface area contributed by atoms with Crippen molar-refractivity contribution in [1.82, 2.24) is 15.1 Å². The van der Waals surface area contributed by atoms with Gasteiger partial charge in [-0.15, -0.1) is 0 Å². The Morgan fingerprint density at radius 2 is 1.86 bits per heavy atom. The minimum atomic E-state index is -0.342. The highest BCUT2D eigenvalue weighted by atomic mass is 16.1. The summed E-state index contributed by atoms with van der Waals surface area (Å²) in [5.41, 5.74) is 11.4. The van der Waals surface area contributed by atoms with Crippen molar-refractivity contribution >= 4 is 5.91 Å². The lowest BCUT2D eigenvalue weighted by Crippen LogP contribution is -2.52. The third-order valence-electron chi connectivity index (χ3n) is 5.34. The van der Waals surface area contributed by atoms with E-state index in [4.69, 9.17) is 10.8 Å².